The van der Waals surface area contributed by atoms with E-state index in [-0.39, 0.29) is 39.5 Å². The Hall–Kier alpha value is -0.400. The third-order valence-electron chi connectivity index (χ3n) is 3.84. The van der Waals surface area contributed by atoms with Gasteiger partial charge in [0.05, 0.1) is 10.0 Å². The highest BCUT2D eigenvalue weighted by Gasteiger charge is 2.40. The third-order valence-corrected chi connectivity index (χ3v) is 6.61. The molecular weight excluding hydrogens is 338 g/mol. The fraction of sp³-hybridized carbons (Fsp3) is 0.538. The average Bonchev–Trinajstić information content (AvgIpc) is 2.30. The number of benzene rings is 1. The lowest BCUT2D eigenvalue weighted by Crippen LogP contribution is -2.53. The molecule has 1 aromatic rings. The van der Waals surface area contributed by atoms with Crippen LogP contribution in [-0.4, -0.2) is 31.9 Å². The molecule has 4 nitrogen and oxygen atoms in total. The van der Waals surface area contributed by atoms with Crippen LogP contribution in [0.5, 0.6) is 0 Å². The lowest BCUT2D eigenvalue weighted by atomic mass is 9.81. The van der Waals surface area contributed by atoms with E-state index in [1.54, 1.807) is 0 Å². The smallest absolute Gasteiger partial charge is 0.246 e. The van der Waals surface area contributed by atoms with E-state index in [1.165, 1.54) is 4.31 Å². The molecular formula is C13H17Cl2FN2O2S. The molecule has 2 N–H and O–H groups in total. The highest BCUT2D eigenvalue weighted by atomic mass is 35.5. The molecule has 0 radical (unpaired) electrons. The van der Waals surface area contributed by atoms with Crippen LogP contribution in [0.4, 0.5) is 4.39 Å². The molecule has 1 aromatic carbocycles. The standard InChI is InChI=1S/C13H17Cl2FN2O2S/c1-13(2)7-18(4-3-11(13)17)21(19,20)12-9(14)5-8(16)6-10(12)15/h5-6,11H,3-4,7,17H2,1-2H3. The summed E-state index contributed by atoms with van der Waals surface area (Å²) in [5, 5.41) is -0.430. The number of sulfonamides is 1. The Balaban J connectivity index is 2.44. The van der Waals surface area contributed by atoms with Gasteiger partial charge in [0, 0.05) is 19.1 Å². The zero-order valence-electron chi connectivity index (χ0n) is 11.7. The van der Waals surface area contributed by atoms with Crippen molar-refractivity contribution < 1.29 is 12.8 Å². The maximum atomic E-state index is 13.2. The zero-order valence-corrected chi connectivity index (χ0v) is 14.1. The molecule has 0 amide bonds. The summed E-state index contributed by atoms with van der Waals surface area (Å²) in [6, 6.07) is 1.81. The Morgan fingerprint density at radius 1 is 1.33 bits per heavy atom. The van der Waals surface area contributed by atoms with Crippen LogP contribution >= 0.6 is 23.2 Å². The number of hydrogen-bond donors (Lipinski definition) is 1. The molecule has 1 atom stereocenters. The minimum absolute atomic E-state index is 0.0805. The Morgan fingerprint density at radius 3 is 2.33 bits per heavy atom. The van der Waals surface area contributed by atoms with Crippen molar-refractivity contribution in [2.75, 3.05) is 13.1 Å². The molecule has 0 bridgehead atoms. The molecule has 0 spiro atoms. The first-order valence-electron chi connectivity index (χ1n) is 6.46. The second kappa shape index (κ2) is 5.66. The van der Waals surface area contributed by atoms with Gasteiger partial charge in [-0.15, -0.1) is 0 Å². The first kappa shape index (κ1) is 17.0. The summed E-state index contributed by atoms with van der Waals surface area (Å²) in [5.74, 6) is -0.676. The molecule has 8 heteroatoms. The second-order valence-electron chi connectivity index (χ2n) is 5.92. The lowest BCUT2D eigenvalue weighted by Gasteiger charge is -2.41. The van der Waals surface area contributed by atoms with Gasteiger partial charge in [-0.3, -0.25) is 0 Å². The summed E-state index contributed by atoms with van der Waals surface area (Å²) in [5.41, 5.74) is 5.66. The van der Waals surface area contributed by atoms with Crippen LogP contribution < -0.4 is 5.73 Å². The van der Waals surface area contributed by atoms with Crippen molar-refractivity contribution in [2.24, 2.45) is 11.1 Å². The highest BCUT2D eigenvalue weighted by Crippen LogP contribution is 2.36. The minimum Gasteiger partial charge on any atom is -0.327 e. The molecule has 21 heavy (non-hydrogen) atoms. The van der Waals surface area contributed by atoms with Gasteiger partial charge in [0.25, 0.3) is 0 Å². The van der Waals surface area contributed by atoms with Crippen LogP contribution in [0.2, 0.25) is 10.0 Å². The number of nitrogens with zero attached hydrogens (tertiary/aromatic N) is 1. The number of halogens is 3. The molecule has 1 aliphatic rings. The Kier molecular flexibility index (Phi) is 4.57. The van der Waals surface area contributed by atoms with Gasteiger partial charge in [-0.1, -0.05) is 37.0 Å². The van der Waals surface area contributed by atoms with Crippen LogP contribution in [0.25, 0.3) is 0 Å². The summed E-state index contributed by atoms with van der Waals surface area (Å²) in [6.45, 7) is 4.37. The van der Waals surface area contributed by atoms with E-state index in [0.717, 1.165) is 12.1 Å². The monoisotopic (exact) mass is 354 g/mol. The van der Waals surface area contributed by atoms with Crippen molar-refractivity contribution in [1.82, 2.24) is 4.31 Å². The van der Waals surface area contributed by atoms with E-state index in [4.69, 9.17) is 28.9 Å². The van der Waals surface area contributed by atoms with Crippen LogP contribution in [-0.2, 0) is 10.0 Å². The van der Waals surface area contributed by atoms with Crippen LogP contribution in [0.15, 0.2) is 17.0 Å². The quantitative estimate of drug-likeness (QED) is 0.887. The van der Waals surface area contributed by atoms with Gasteiger partial charge < -0.3 is 5.73 Å². The second-order valence-corrected chi connectivity index (χ2v) is 8.61. The van der Waals surface area contributed by atoms with Crippen LogP contribution in [0, 0.1) is 11.2 Å². The maximum Gasteiger partial charge on any atom is 0.246 e. The maximum absolute atomic E-state index is 13.2. The predicted octanol–water partition coefficient (Wildman–Crippen LogP) is 2.88. The molecule has 1 saturated heterocycles. The number of nitrogens with two attached hydrogens (primary N) is 1. The van der Waals surface area contributed by atoms with E-state index >= 15 is 0 Å². The lowest BCUT2D eigenvalue weighted by molar-refractivity contribution is 0.155. The summed E-state index contributed by atoms with van der Waals surface area (Å²) in [7, 11) is -3.89. The first-order valence-corrected chi connectivity index (χ1v) is 8.65. The molecule has 1 unspecified atom stereocenters. The molecule has 0 aliphatic carbocycles. The summed E-state index contributed by atoms with van der Waals surface area (Å²) < 4.78 is 40.0. The number of rotatable bonds is 2. The molecule has 118 valence electrons. The van der Waals surface area contributed by atoms with E-state index in [2.05, 4.69) is 0 Å². The van der Waals surface area contributed by atoms with Crippen LogP contribution in [0.3, 0.4) is 0 Å². The Bertz CT molecular complexity index is 641. The zero-order chi connectivity index (χ0) is 16.0. The summed E-state index contributed by atoms with van der Waals surface area (Å²) >= 11 is 11.8. The normalized spacial score (nSPS) is 23.2. The predicted molar refractivity (Wildman–Crippen MR) is 81.6 cm³/mol. The minimum atomic E-state index is -3.89. The van der Waals surface area contributed by atoms with Gasteiger partial charge in [0.1, 0.15) is 10.7 Å². The first-order chi connectivity index (χ1) is 9.55. The van der Waals surface area contributed by atoms with Crippen LogP contribution in [0.1, 0.15) is 20.3 Å². The molecule has 0 aromatic heterocycles. The SMILES string of the molecule is CC1(C)CN(S(=O)(=O)c2c(Cl)cc(F)cc2Cl)CCC1N. The molecule has 1 aliphatic heterocycles. The molecule has 0 saturated carbocycles. The van der Waals surface area contributed by atoms with Crippen molar-refractivity contribution in [2.45, 2.75) is 31.2 Å². The van der Waals surface area contributed by atoms with Crippen molar-refractivity contribution in [3.8, 4) is 0 Å². The van der Waals surface area contributed by atoms with E-state index < -0.39 is 15.8 Å². The Labute approximate surface area is 134 Å². The van der Waals surface area contributed by atoms with Gasteiger partial charge in [0.15, 0.2) is 0 Å². The average molecular weight is 355 g/mol. The fourth-order valence-corrected chi connectivity index (χ4v) is 5.20. The van der Waals surface area contributed by atoms with Gasteiger partial charge in [-0.05, 0) is 24.0 Å². The molecule has 1 fully saturated rings. The van der Waals surface area contributed by atoms with Crippen molar-refractivity contribution in [3.63, 3.8) is 0 Å². The summed E-state index contributed by atoms with van der Waals surface area (Å²) in [6.07, 6.45) is 0.544. The van der Waals surface area contributed by atoms with E-state index in [0.29, 0.717) is 6.42 Å². The fourth-order valence-electron chi connectivity index (χ4n) is 2.43. The number of hydrogen-bond acceptors (Lipinski definition) is 3. The van der Waals surface area contributed by atoms with Crippen molar-refractivity contribution >= 4 is 33.2 Å². The topological polar surface area (TPSA) is 63.4 Å². The van der Waals surface area contributed by atoms with Crippen molar-refractivity contribution in [1.29, 1.82) is 0 Å². The van der Waals surface area contributed by atoms with E-state index in [9.17, 15) is 12.8 Å². The van der Waals surface area contributed by atoms with Gasteiger partial charge in [0.2, 0.25) is 10.0 Å². The van der Waals surface area contributed by atoms with E-state index in [1.807, 2.05) is 13.8 Å². The third kappa shape index (κ3) is 3.19. The van der Waals surface area contributed by atoms with Gasteiger partial charge >= 0.3 is 0 Å². The number of piperidine rings is 1. The van der Waals surface area contributed by atoms with Crippen molar-refractivity contribution in [3.05, 3.63) is 28.0 Å². The van der Waals surface area contributed by atoms with Gasteiger partial charge in [-0.2, -0.15) is 4.31 Å². The van der Waals surface area contributed by atoms with Gasteiger partial charge in [-0.25, -0.2) is 12.8 Å². The highest BCUT2D eigenvalue weighted by molar-refractivity contribution is 7.89. The summed E-state index contributed by atoms with van der Waals surface area (Å²) in [4.78, 5) is -0.251. The largest absolute Gasteiger partial charge is 0.327 e. The molecule has 1 heterocycles. The Morgan fingerprint density at radius 2 is 1.86 bits per heavy atom. The molecule has 2 rings (SSSR count).